The predicted molar refractivity (Wildman–Crippen MR) is 150 cm³/mol. The van der Waals surface area contributed by atoms with E-state index >= 15 is 0 Å². The lowest BCUT2D eigenvalue weighted by atomic mass is 9.95. The molecule has 5 rings (SSSR count). The van der Waals surface area contributed by atoms with Gasteiger partial charge < -0.3 is 29.0 Å². The summed E-state index contributed by atoms with van der Waals surface area (Å²) in [4.78, 5) is 36.0. The Hall–Kier alpha value is -4.41. The molecule has 3 aromatic carbocycles. The third-order valence-corrected chi connectivity index (χ3v) is 7.20. The number of aromatic nitrogens is 2. The molecule has 1 aromatic heterocycles. The second-order valence-corrected chi connectivity index (χ2v) is 9.46. The van der Waals surface area contributed by atoms with Crippen LogP contribution >= 0.6 is 23.2 Å². The number of nitrogens with one attached hydrogen (secondary N) is 1. The molecule has 40 heavy (non-hydrogen) atoms. The maximum atomic E-state index is 13.6. The van der Waals surface area contributed by atoms with Crippen molar-refractivity contribution in [2.75, 3.05) is 33.3 Å². The number of amides is 1. The van der Waals surface area contributed by atoms with Gasteiger partial charge in [0, 0.05) is 6.07 Å². The first-order valence-electron chi connectivity index (χ1n) is 11.8. The van der Waals surface area contributed by atoms with Crippen LogP contribution in [0.4, 0.5) is 5.95 Å². The van der Waals surface area contributed by atoms with Crippen LogP contribution in [-0.4, -0.2) is 55.2 Å². The average Bonchev–Trinajstić information content (AvgIpc) is 3.50. The Morgan fingerprint density at radius 1 is 0.900 bits per heavy atom. The summed E-state index contributed by atoms with van der Waals surface area (Å²) in [5.74, 6) is -1.01. The van der Waals surface area contributed by atoms with E-state index in [0.717, 1.165) is 0 Å². The molecule has 0 bridgehead atoms. The van der Waals surface area contributed by atoms with Gasteiger partial charge in [0.05, 0.1) is 61.7 Å². The van der Waals surface area contributed by atoms with E-state index in [1.54, 1.807) is 42.5 Å². The number of hydrogen-bond donors (Lipinski definition) is 2. The first-order valence-corrected chi connectivity index (χ1v) is 12.6. The van der Waals surface area contributed by atoms with Gasteiger partial charge in [-0.05, 0) is 35.9 Å². The molecule has 1 aliphatic rings. The zero-order valence-corrected chi connectivity index (χ0v) is 23.3. The number of aliphatic hydroxyl groups excluding tert-OH is 1. The van der Waals surface area contributed by atoms with Crippen molar-refractivity contribution in [2.24, 2.45) is 0 Å². The Kier molecular flexibility index (Phi) is 7.22. The minimum atomic E-state index is -1.09. The molecule has 2 N–H and O–H groups in total. The molecular weight excluding hydrogens is 561 g/mol. The average molecular weight is 584 g/mol. The summed E-state index contributed by atoms with van der Waals surface area (Å²) in [6, 6.07) is 12.2. The fourth-order valence-electron chi connectivity index (χ4n) is 4.66. The second-order valence-electron chi connectivity index (χ2n) is 8.67. The lowest BCUT2D eigenvalue weighted by molar-refractivity contribution is -0.132. The fraction of sp³-hybridized carbons (Fsp3) is 0.179. The van der Waals surface area contributed by atoms with Gasteiger partial charge in [0.2, 0.25) is 5.95 Å². The van der Waals surface area contributed by atoms with E-state index in [1.807, 2.05) is 0 Å². The van der Waals surface area contributed by atoms with Crippen molar-refractivity contribution in [3.05, 3.63) is 75.3 Å². The third kappa shape index (κ3) is 4.35. The number of nitrogens with zero attached hydrogens (tertiary/aromatic N) is 2. The van der Waals surface area contributed by atoms with E-state index in [-0.39, 0.29) is 38.6 Å². The number of carbonyl (C=O) groups is 2. The molecule has 0 spiro atoms. The van der Waals surface area contributed by atoms with Gasteiger partial charge >= 0.3 is 5.91 Å². The Morgan fingerprint density at radius 2 is 1.55 bits per heavy atom. The van der Waals surface area contributed by atoms with Crippen molar-refractivity contribution in [1.29, 1.82) is 0 Å². The Bertz CT molecular complexity index is 1680. The van der Waals surface area contributed by atoms with Crippen molar-refractivity contribution >= 4 is 57.6 Å². The number of anilines is 1. The number of methoxy groups -OCH3 is 4. The van der Waals surface area contributed by atoms with E-state index in [2.05, 4.69) is 9.97 Å². The number of H-pyrrole nitrogens is 1. The van der Waals surface area contributed by atoms with Crippen LogP contribution in [0.3, 0.4) is 0 Å². The normalized spacial score (nSPS) is 16.4. The number of halogens is 2. The number of aliphatic hydroxyl groups is 1. The van der Waals surface area contributed by atoms with Crippen LogP contribution in [0.2, 0.25) is 10.0 Å². The van der Waals surface area contributed by atoms with Crippen LogP contribution in [0.15, 0.2) is 54.1 Å². The molecule has 10 nitrogen and oxygen atoms in total. The van der Waals surface area contributed by atoms with Crippen LogP contribution < -0.4 is 23.8 Å². The number of Topliss-reactive ketones (excluding diaryl/α,β-unsaturated/α-hetero) is 1. The lowest BCUT2D eigenvalue weighted by Gasteiger charge is -2.23. The Labute approximate surface area is 238 Å². The standard InChI is InChI=1S/C28H23Cl2N3O7/c1-37-14-7-5-13(6-8-14)22-20(23(34)16-12-17(29)26(40-4)21(30)25(16)39-3)24(35)27(36)33(22)28-31-18-10-9-15(38-2)11-19(18)32-28/h5-12,22,34H,1-4H3,(H,31,32)/b23-20+. The number of carbonyl (C=O) groups excluding carboxylic acids is 2. The van der Waals surface area contributed by atoms with Gasteiger partial charge in [0.1, 0.15) is 22.3 Å². The zero-order valence-electron chi connectivity index (χ0n) is 21.7. The number of ketones is 1. The van der Waals surface area contributed by atoms with Crippen molar-refractivity contribution in [3.63, 3.8) is 0 Å². The van der Waals surface area contributed by atoms with Gasteiger partial charge in [-0.2, -0.15) is 0 Å². The molecule has 1 atom stereocenters. The minimum Gasteiger partial charge on any atom is -0.507 e. The highest BCUT2D eigenvalue weighted by molar-refractivity contribution is 6.51. The molecule has 4 aromatic rings. The van der Waals surface area contributed by atoms with Gasteiger partial charge in [-0.1, -0.05) is 35.3 Å². The number of rotatable bonds is 7. The molecule has 1 amide bonds. The molecule has 0 aliphatic carbocycles. The topological polar surface area (TPSA) is 123 Å². The molecule has 2 heterocycles. The van der Waals surface area contributed by atoms with Crippen molar-refractivity contribution in [2.45, 2.75) is 6.04 Å². The first-order chi connectivity index (χ1) is 19.2. The fourth-order valence-corrected chi connectivity index (χ4v) is 5.35. The highest BCUT2D eigenvalue weighted by atomic mass is 35.5. The molecule has 0 saturated carbocycles. The van der Waals surface area contributed by atoms with E-state index < -0.39 is 23.5 Å². The molecule has 0 radical (unpaired) electrons. The van der Waals surface area contributed by atoms with Gasteiger partial charge in [-0.15, -0.1) is 0 Å². The summed E-state index contributed by atoms with van der Waals surface area (Å²) in [7, 11) is 5.78. The second kappa shape index (κ2) is 10.6. The minimum absolute atomic E-state index is 0.00385. The van der Waals surface area contributed by atoms with Gasteiger partial charge in [0.15, 0.2) is 11.5 Å². The van der Waals surface area contributed by atoms with Gasteiger partial charge in [0.25, 0.3) is 5.78 Å². The maximum absolute atomic E-state index is 13.6. The number of hydrogen-bond acceptors (Lipinski definition) is 8. The van der Waals surface area contributed by atoms with E-state index in [4.69, 9.17) is 42.1 Å². The van der Waals surface area contributed by atoms with Crippen molar-refractivity contribution < 1.29 is 33.6 Å². The molecule has 12 heteroatoms. The number of benzene rings is 3. The van der Waals surface area contributed by atoms with E-state index in [1.165, 1.54) is 39.4 Å². The van der Waals surface area contributed by atoms with Crippen LogP contribution in [0, 0.1) is 0 Å². The largest absolute Gasteiger partial charge is 0.507 e. The summed E-state index contributed by atoms with van der Waals surface area (Å²) in [6.07, 6.45) is 0. The quantitative estimate of drug-likeness (QED) is 0.165. The summed E-state index contributed by atoms with van der Waals surface area (Å²) < 4.78 is 21.2. The van der Waals surface area contributed by atoms with Crippen LogP contribution in [0.5, 0.6) is 23.0 Å². The van der Waals surface area contributed by atoms with Crippen molar-refractivity contribution in [3.8, 4) is 23.0 Å². The zero-order chi connectivity index (χ0) is 28.7. The molecule has 206 valence electrons. The predicted octanol–water partition coefficient (Wildman–Crippen LogP) is 5.53. The summed E-state index contributed by atoms with van der Waals surface area (Å²) in [5.41, 5.74) is 1.42. The van der Waals surface area contributed by atoms with Crippen LogP contribution in [-0.2, 0) is 9.59 Å². The molecule has 1 unspecified atom stereocenters. The first kappa shape index (κ1) is 27.2. The number of aromatic amines is 1. The lowest BCUT2D eigenvalue weighted by Crippen LogP contribution is -2.30. The Balaban J connectivity index is 1.76. The van der Waals surface area contributed by atoms with Gasteiger partial charge in [-0.25, -0.2) is 4.98 Å². The van der Waals surface area contributed by atoms with Gasteiger partial charge in [-0.3, -0.25) is 14.5 Å². The molecular formula is C28H23Cl2N3O7. The number of ether oxygens (including phenoxy) is 4. The van der Waals surface area contributed by atoms with Crippen LogP contribution in [0.1, 0.15) is 17.2 Å². The summed E-state index contributed by atoms with van der Waals surface area (Å²) in [6.45, 7) is 0. The van der Waals surface area contributed by atoms with Crippen molar-refractivity contribution in [1.82, 2.24) is 9.97 Å². The Morgan fingerprint density at radius 3 is 2.17 bits per heavy atom. The highest BCUT2D eigenvalue weighted by Crippen LogP contribution is 2.48. The summed E-state index contributed by atoms with van der Waals surface area (Å²) >= 11 is 12.8. The SMILES string of the molecule is COc1ccc(C2/C(=C(\O)c3cc(Cl)c(OC)c(Cl)c3OC)C(=O)C(=O)N2c2nc3ccc(OC)cc3[nH]2)cc1. The van der Waals surface area contributed by atoms with E-state index in [0.29, 0.717) is 28.1 Å². The molecule has 1 saturated heterocycles. The summed E-state index contributed by atoms with van der Waals surface area (Å²) in [5, 5.41) is 11.7. The molecule has 1 aliphatic heterocycles. The smallest absolute Gasteiger partial charge is 0.302 e. The maximum Gasteiger partial charge on any atom is 0.302 e. The monoisotopic (exact) mass is 583 g/mol. The third-order valence-electron chi connectivity index (χ3n) is 6.58. The molecule has 1 fully saturated rings. The highest BCUT2D eigenvalue weighted by Gasteiger charge is 2.48. The number of imidazole rings is 1. The van der Waals surface area contributed by atoms with Crippen LogP contribution in [0.25, 0.3) is 16.8 Å². The van der Waals surface area contributed by atoms with E-state index in [9.17, 15) is 14.7 Å². The number of fused-ring (bicyclic) bond motifs is 1.